The molecule has 0 saturated heterocycles. The number of methoxy groups -OCH3 is 4. The van der Waals surface area contributed by atoms with E-state index in [0.717, 1.165) is 55.6 Å². The lowest BCUT2D eigenvalue weighted by Crippen LogP contribution is -2.34. The predicted octanol–water partition coefficient (Wildman–Crippen LogP) is 7.16. The fourth-order valence-electron chi connectivity index (χ4n) is 7.28. The highest BCUT2D eigenvalue weighted by atomic mass is 16.5. The summed E-state index contributed by atoms with van der Waals surface area (Å²) >= 11 is 0. The normalized spacial score (nSPS) is 19.2. The molecule has 2 atom stereocenters. The van der Waals surface area contributed by atoms with Gasteiger partial charge in [0.2, 0.25) is 5.75 Å². The van der Waals surface area contributed by atoms with Crippen LogP contribution in [0.15, 0.2) is 60.7 Å². The van der Waals surface area contributed by atoms with Gasteiger partial charge in [0.1, 0.15) is 5.75 Å². The lowest BCUT2D eigenvalue weighted by molar-refractivity contribution is 0.220. The van der Waals surface area contributed by atoms with Crippen molar-refractivity contribution in [3.05, 3.63) is 94.0 Å². The number of fused-ring (bicyclic) bond motifs is 1. The molecule has 0 saturated carbocycles. The fraction of sp³-hybridized carbons (Fsp3) is 0.368. The molecule has 0 amide bonds. The van der Waals surface area contributed by atoms with Gasteiger partial charge in [0.15, 0.2) is 34.5 Å². The molecular weight excluding hydrogens is 580 g/mol. The molecule has 5 aliphatic rings. The SMILES string of the molecule is COc1ccc2cc1Oc1ccc(cc1)C[C@H]1c3cc(OC)c(cc3CCN1C)Oc1c(OC)c(OC)cc3c1[C@@H](C2)N(C)CC3. The Bertz CT molecular complexity index is 1750. The average Bonchev–Trinajstić information content (AvgIpc) is 3.07. The molecule has 8 nitrogen and oxygen atoms in total. The molecular formula is C38H42N2O6. The molecule has 240 valence electrons. The Kier molecular flexibility index (Phi) is 8.17. The van der Waals surface area contributed by atoms with E-state index in [-0.39, 0.29) is 12.1 Å². The van der Waals surface area contributed by atoms with Crippen molar-refractivity contribution in [1.29, 1.82) is 0 Å². The van der Waals surface area contributed by atoms with Crippen LogP contribution in [0.1, 0.15) is 45.5 Å². The van der Waals surface area contributed by atoms with Crippen LogP contribution in [0.3, 0.4) is 0 Å². The minimum atomic E-state index is 0.00261. The summed E-state index contributed by atoms with van der Waals surface area (Å²) in [6.45, 7) is 1.85. The number of benzene rings is 4. The van der Waals surface area contributed by atoms with E-state index in [4.69, 9.17) is 28.4 Å². The van der Waals surface area contributed by atoms with E-state index < -0.39 is 0 Å². The summed E-state index contributed by atoms with van der Waals surface area (Å²) in [6.07, 6.45) is 3.37. The van der Waals surface area contributed by atoms with E-state index in [1.165, 1.54) is 22.3 Å². The molecule has 8 heteroatoms. The molecule has 0 radical (unpaired) electrons. The maximum atomic E-state index is 6.98. The Hall–Kier alpha value is -4.40. The van der Waals surface area contributed by atoms with Crippen molar-refractivity contribution in [2.45, 2.75) is 37.8 Å². The second kappa shape index (κ2) is 12.4. The van der Waals surface area contributed by atoms with Crippen LogP contribution in [0.5, 0.6) is 46.0 Å². The molecule has 0 N–H and O–H groups in total. The Morgan fingerprint density at radius 1 is 0.609 bits per heavy atom. The summed E-state index contributed by atoms with van der Waals surface area (Å²) in [5, 5.41) is 0. The Morgan fingerprint density at radius 3 is 1.98 bits per heavy atom. The Balaban J connectivity index is 1.46. The third-order valence-electron chi connectivity index (χ3n) is 9.85. The number of likely N-dealkylation sites (N-methyl/N-ethyl adjacent to an activating group) is 2. The van der Waals surface area contributed by atoms with Gasteiger partial charge >= 0.3 is 0 Å². The number of rotatable bonds is 4. The first-order valence-electron chi connectivity index (χ1n) is 15.9. The smallest absolute Gasteiger partial charge is 0.204 e. The highest BCUT2D eigenvalue weighted by Gasteiger charge is 2.34. The molecule has 5 heterocycles. The number of ether oxygens (including phenoxy) is 6. The highest BCUT2D eigenvalue weighted by molar-refractivity contribution is 5.64. The van der Waals surface area contributed by atoms with Gasteiger partial charge in [-0.1, -0.05) is 18.2 Å². The monoisotopic (exact) mass is 622 g/mol. The van der Waals surface area contributed by atoms with Crippen LogP contribution in [-0.2, 0) is 25.7 Å². The Morgan fingerprint density at radius 2 is 1.26 bits per heavy atom. The summed E-state index contributed by atoms with van der Waals surface area (Å²) in [5.74, 6) is 5.41. The second-order valence-corrected chi connectivity index (χ2v) is 12.5. The zero-order valence-electron chi connectivity index (χ0n) is 27.5. The predicted molar refractivity (Wildman–Crippen MR) is 178 cm³/mol. The van der Waals surface area contributed by atoms with Crippen LogP contribution in [0.4, 0.5) is 0 Å². The van der Waals surface area contributed by atoms with Crippen molar-refractivity contribution < 1.29 is 28.4 Å². The first kappa shape index (κ1) is 30.3. The van der Waals surface area contributed by atoms with Gasteiger partial charge in [0.05, 0.1) is 28.4 Å². The van der Waals surface area contributed by atoms with Crippen LogP contribution in [0.2, 0.25) is 0 Å². The summed E-state index contributed by atoms with van der Waals surface area (Å²) in [7, 11) is 11.1. The van der Waals surface area contributed by atoms with Gasteiger partial charge < -0.3 is 28.4 Å². The molecule has 4 aromatic rings. The molecule has 5 aliphatic heterocycles. The number of nitrogens with zero attached hydrogens (tertiary/aromatic N) is 2. The van der Waals surface area contributed by atoms with E-state index in [9.17, 15) is 0 Å². The molecule has 0 unspecified atom stereocenters. The van der Waals surface area contributed by atoms with Gasteiger partial charge in [0.25, 0.3) is 0 Å². The van der Waals surface area contributed by atoms with Crippen LogP contribution in [0, 0.1) is 0 Å². The van der Waals surface area contributed by atoms with Crippen LogP contribution >= 0.6 is 0 Å². The van der Waals surface area contributed by atoms with E-state index in [0.29, 0.717) is 40.2 Å². The first-order chi connectivity index (χ1) is 22.4. The molecule has 4 aromatic carbocycles. The van der Waals surface area contributed by atoms with E-state index >= 15 is 0 Å². The van der Waals surface area contributed by atoms with Crippen molar-refractivity contribution in [2.24, 2.45) is 0 Å². The van der Waals surface area contributed by atoms with Gasteiger partial charge in [-0.15, -0.1) is 0 Å². The van der Waals surface area contributed by atoms with E-state index in [1.807, 2.05) is 18.2 Å². The van der Waals surface area contributed by atoms with Gasteiger partial charge in [0, 0.05) is 30.7 Å². The molecule has 8 bridgehead atoms. The molecule has 0 fully saturated rings. The van der Waals surface area contributed by atoms with Gasteiger partial charge in [-0.3, -0.25) is 9.80 Å². The minimum absolute atomic E-state index is 0.00261. The van der Waals surface area contributed by atoms with Crippen molar-refractivity contribution in [1.82, 2.24) is 9.80 Å². The minimum Gasteiger partial charge on any atom is -0.493 e. The summed E-state index contributed by atoms with van der Waals surface area (Å²) < 4.78 is 37.1. The number of hydrogen-bond acceptors (Lipinski definition) is 8. The van der Waals surface area contributed by atoms with Gasteiger partial charge in [-0.05, 0) is 110 Å². The maximum Gasteiger partial charge on any atom is 0.204 e. The average molecular weight is 623 g/mol. The lowest BCUT2D eigenvalue weighted by atomic mass is 9.87. The fourth-order valence-corrected chi connectivity index (χ4v) is 7.28. The Labute approximate surface area is 271 Å². The highest BCUT2D eigenvalue weighted by Crippen LogP contribution is 2.52. The van der Waals surface area contributed by atoms with Gasteiger partial charge in [-0.25, -0.2) is 0 Å². The van der Waals surface area contributed by atoms with Crippen molar-refractivity contribution in [3.8, 4) is 46.0 Å². The van der Waals surface area contributed by atoms with Crippen molar-refractivity contribution in [2.75, 3.05) is 55.6 Å². The standard InChI is InChI=1S/C38H42N2O6/c1-39-15-13-25-20-34-32(42-4)22-28(25)29(39)17-23-7-10-27(11-8-23)45-33-19-24(9-12-31(33)41-3)18-30-36-26(14-16-40(30)2)21-35(43-5)37(44-6)38(36)46-34/h7-12,19-22,29-30H,13-18H2,1-6H3/t29-,30+/m0/s1. The molecule has 0 aromatic heterocycles. The molecule has 0 aliphatic carbocycles. The second-order valence-electron chi connectivity index (χ2n) is 12.5. The third kappa shape index (κ3) is 5.39. The quantitative estimate of drug-likeness (QED) is 0.238. The van der Waals surface area contributed by atoms with Gasteiger partial charge in [-0.2, -0.15) is 0 Å². The third-order valence-corrected chi connectivity index (χ3v) is 9.85. The van der Waals surface area contributed by atoms with E-state index in [2.05, 4.69) is 66.4 Å². The molecule has 9 rings (SSSR count). The first-order valence-corrected chi connectivity index (χ1v) is 15.9. The summed E-state index contributed by atoms with van der Waals surface area (Å²) in [4.78, 5) is 4.81. The van der Waals surface area contributed by atoms with Crippen LogP contribution < -0.4 is 28.4 Å². The maximum absolute atomic E-state index is 6.98. The number of hydrogen-bond donors (Lipinski definition) is 0. The zero-order chi connectivity index (χ0) is 31.9. The van der Waals surface area contributed by atoms with Crippen molar-refractivity contribution >= 4 is 0 Å². The summed E-state index contributed by atoms with van der Waals surface area (Å²) in [5.41, 5.74) is 7.16. The zero-order valence-corrected chi connectivity index (χ0v) is 27.5. The molecule has 0 spiro atoms. The topological polar surface area (TPSA) is 61.9 Å². The van der Waals surface area contributed by atoms with Crippen LogP contribution in [0.25, 0.3) is 0 Å². The lowest BCUT2D eigenvalue weighted by Gasteiger charge is -2.37. The summed E-state index contributed by atoms with van der Waals surface area (Å²) in [6, 6.07) is 21.2. The van der Waals surface area contributed by atoms with Crippen LogP contribution in [-0.4, -0.2) is 65.4 Å². The van der Waals surface area contributed by atoms with Crippen molar-refractivity contribution in [3.63, 3.8) is 0 Å². The largest absolute Gasteiger partial charge is 0.493 e. The van der Waals surface area contributed by atoms with E-state index in [1.54, 1.807) is 28.4 Å². The molecule has 46 heavy (non-hydrogen) atoms.